The first-order valence-electron chi connectivity index (χ1n) is 7.37. The first-order valence-corrected chi connectivity index (χ1v) is 8.36. The highest BCUT2D eigenvalue weighted by Crippen LogP contribution is 2.24. The Balaban J connectivity index is 1.61. The fourth-order valence-corrected chi connectivity index (χ4v) is 3.58. The van der Waals surface area contributed by atoms with Gasteiger partial charge in [-0.3, -0.25) is 4.79 Å². The van der Waals surface area contributed by atoms with Crippen molar-refractivity contribution in [3.05, 3.63) is 42.5 Å². The Hall–Kier alpha value is -1.52. The van der Waals surface area contributed by atoms with Gasteiger partial charge in [0.2, 0.25) is 5.91 Å². The van der Waals surface area contributed by atoms with Crippen molar-refractivity contribution in [2.45, 2.75) is 23.8 Å². The summed E-state index contributed by atoms with van der Waals surface area (Å²) in [4.78, 5) is 15.3. The lowest BCUT2D eigenvalue weighted by Crippen LogP contribution is -2.46. The predicted octanol–water partition coefficient (Wildman–Crippen LogP) is 2.88. The first kappa shape index (κ1) is 14.4. The summed E-state index contributed by atoms with van der Waals surface area (Å²) in [5.41, 5.74) is 5.93. The number of hydrogen-bond donors (Lipinski definition) is 1. The number of piperidine rings is 1. The van der Waals surface area contributed by atoms with Crippen LogP contribution in [0.2, 0.25) is 0 Å². The van der Waals surface area contributed by atoms with E-state index in [4.69, 9.17) is 5.73 Å². The van der Waals surface area contributed by atoms with E-state index < -0.39 is 0 Å². The third-order valence-corrected chi connectivity index (χ3v) is 4.87. The molecule has 3 nitrogen and oxygen atoms in total. The number of carbonyl (C=O) groups excluding carboxylic acids is 1. The summed E-state index contributed by atoms with van der Waals surface area (Å²) in [6.07, 6.45) is 2.05. The van der Waals surface area contributed by atoms with Crippen molar-refractivity contribution in [2.24, 2.45) is 5.73 Å². The molecule has 0 aliphatic carbocycles. The number of likely N-dealkylation sites (tertiary alicyclic amines) is 1. The van der Waals surface area contributed by atoms with Crippen molar-refractivity contribution in [3.8, 4) is 0 Å². The molecule has 1 amide bonds. The van der Waals surface area contributed by atoms with Crippen molar-refractivity contribution in [2.75, 3.05) is 18.8 Å². The van der Waals surface area contributed by atoms with Crippen LogP contribution in [0.5, 0.6) is 0 Å². The average molecular weight is 300 g/mol. The molecule has 0 unspecified atom stereocenters. The van der Waals surface area contributed by atoms with E-state index in [0.29, 0.717) is 12.3 Å². The van der Waals surface area contributed by atoms with Crippen LogP contribution in [0.1, 0.15) is 12.8 Å². The highest BCUT2D eigenvalue weighted by Gasteiger charge is 2.20. The van der Waals surface area contributed by atoms with Gasteiger partial charge in [0, 0.05) is 24.0 Å². The largest absolute Gasteiger partial charge is 0.340 e. The third-order valence-electron chi connectivity index (χ3n) is 3.89. The van der Waals surface area contributed by atoms with Gasteiger partial charge in [-0.2, -0.15) is 0 Å². The van der Waals surface area contributed by atoms with Gasteiger partial charge in [-0.15, -0.1) is 11.8 Å². The highest BCUT2D eigenvalue weighted by atomic mass is 32.2. The number of hydrogen-bond acceptors (Lipinski definition) is 3. The molecule has 0 radical (unpaired) electrons. The van der Waals surface area contributed by atoms with Gasteiger partial charge in [0.15, 0.2) is 0 Å². The SMILES string of the molecule is N[C@H]1CCCN(C(=O)CSc2ccc3ccccc3c2)C1. The quantitative estimate of drug-likeness (QED) is 0.887. The zero-order valence-corrected chi connectivity index (χ0v) is 12.8. The summed E-state index contributed by atoms with van der Waals surface area (Å²) in [5.74, 6) is 0.689. The monoisotopic (exact) mass is 300 g/mol. The standard InChI is InChI=1S/C17H20N2OS/c18-15-6-3-9-19(11-15)17(20)12-21-16-8-7-13-4-1-2-5-14(13)10-16/h1-2,4-5,7-8,10,15H,3,6,9,11-12,18H2/t15-/m0/s1. The molecule has 2 aromatic rings. The molecular weight excluding hydrogens is 280 g/mol. The summed E-state index contributed by atoms with van der Waals surface area (Å²) in [5, 5.41) is 2.45. The maximum absolute atomic E-state index is 12.2. The molecule has 2 N–H and O–H groups in total. The smallest absolute Gasteiger partial charge is 0.232 e. The van der Waals surface area contributed by atoms with Crippen molar-refractivity contribution in [3.63, 3.8) is 0 Å². The topological polar surface area (TPSA) is 46.3 Å². The highest BCUT2D eigenvalue weighted by molar-refractivity contribution is 8.00. The van der Waals surface area contributed by atoms with Gasteiger partial charge in [0.1, 0.15) is 0 Å². The van der Waals surface area contributed by atoms with E-state index in [1.807, 2.05) is 17.0 Å². The Morgan fingerprint density at radius 2 is 2.05 bits per heavy atom. The molecule has 1 aliphatic rings. The summed E-state index contributed by atoms with van der Waals surface area (Å²) in [6, 6.07) is 14.8. The molecule has 21 heavy (non-hydrogen) atoms. The second-order valence-corrected chi connectivity index (χ2v) is 6.59. The lowest BCUT2D eigenvalue weighted by Gasteiger charge is -2.30. The molecule has 0 spiro atoms. The third kappa shape index (κ3) is 3.57. The summed E-state index contributed by atoms with van der Waals surface area (Å²) >= 11 is 1.61. The van der Waals surface area contributed by atoms with E-state index in [9.17, 15) is 4.79 Å². The number of fused-ring (bicyclic) bond motifs is 1. The second-order valence-electron chi connectivity index (χ2n) is 5.54. The maximum Gasteiger partial charge on any atom is 0.232 e. The van der Waals surface area contributed by atoms with Crippen LogP contribution in [-0.4, -0.2) is 35.7 Å². The van der Waals surface area contributed by atoms with Crippen molar-refractivity contribution in [1.82, 2.24) is 4.90 Å². The summed E-state index contributed by atoms with van der Waals surface area (Å²) in [7, 11) is 0. The van der Waals surface area contributed by atoms with E-state index in [2.05, 4.69) is 30.3 Å². The minimum Gasteiger partial charge on any atom is -0.340 e. The normalized spacial score (nSPS) is 18.9. The van der Waals surface area contributed by atoms with Gasteiger partial charge in [0.25, 0.3) is 0 Å². The number of nitrogens with two attached hydrogens (primary N) is 1. The molecule has 3 rings (SSSR count). The lowest BCUT2D eigenvalue weighted by atomic mass is 10.1. The van der Waals surface area contributed by atoms with Crippen LogP contribution in [0.3, 0.4) is 0 Å². The second kappa shape index (κ2) is 6.50. The minimum atomic E-state index is 0.147. The zero-order valence-electron chi connectivity index (χ0n) is 12.0. The van der Waals surface area contributed by atoms with Gasteiger partial charge in [-0.25, -0.2) is 0 Å². The molecule has 1 heterocycles. The van der Waals surface area contributed by atoms with Crippen LogP contribution < -0.4 is 5.73 Å². The van der Waals surface area contributed by atoms with E-state index >= 15 is 0 Å². The van der Waals surface area contributed by atoms with Gasteiger partial charge >= 0.3 is 0 Å². The number of benzene rings is 2. The van der Waals surface area contributed by atoms with E-state index in [1.54, 1.807) is 11.8 Å². The Labute approximate surface area is 129 Å². The van der Waals surface area contributed by atoms with Crippen LogP contribution >= 0.6 is 11.8 Å². The van der Waals surface area contributed by atoms with Crippen molar-refractivity contribution in [1.29, 1.82) is 0 Å². The molecule has 0 saturated carbocycles. The van der Waals surface area contributed by atoms with E-state index in [-0.39, 0.29) is 11.9 Å². The number of thioether (sulfide) groups is 1. The predicted molar refractivity (Wildman–Crippen MR) is 88.5 cm³/mol. The van der Waals surface area contributed by atoms with Gasteiger partial charge in [-0.05, 0) is 35.7 Å². The first-order chi connectivity index (χ1) is 10.2. The Kier molecular flexibility index (Phi) is 4.46. The Morgan fingerprint density at radius 3 is 2.86 bits per heavy atom. The van der Waals surface area contributed by atoms with Gasteiger partial charge in [-0.1, -0.05) is 30.3 Å². The molecule has 0 aromatic heterocycles. The van der Waals surface area contributed by atoms with Crippen LogP contribution in [0.15, 0.2) is 47.4 Å². The number of nitrogens with zero attached hydrogens (tertiary/aromatic N) is 1. The molecule has 0 bridgehead atoms. The maximum atomic E-state index is 12.2. The summed E-state index contributed by atoms with van der Waals surface area (Å²) < 4.78 is 0. The molecular formula is C17H20N2OS. The number of rotatable bonds is 3. The zero-order chi connectivity index (χ0) is 14.7. The van der Waals surface area contributed by atoms with Gasteiger partial charge in [0.05, 0.1) is 5.75 Å². The van der Waals surface area contributed by atoms with Crippen molar-refractivity contribution >= 4 is 28.4 Å². The number of amides is 1. The minimum absolute atomic E-state index is 0.147. The molecule has 1 saturated heterocycles. The van der Waals surface area contributed by atoms with Crippen LogP contribution in [0, 0.1) is 0 Å². The summed E-state index contributed by atoms with van der Waals surface area (Å²) in [6.45, 7) is 1.56. The Morgan fingerprint density at radius 1 is 1.24 bits per heavy atom. The molecule has 2 aromatic carbocycles. The molecule has 1 aliphatic heterocycles. The van der Waals surface area contributed by atoms with Crippen LogP contribution in [0.4, 0.5) is 0 Å². The average Bonchev–Trinajstić information content (AvgIpc) is 2.52. The fourth-order valence-electron chi connectivity index (χ4n) is 2.73. The molecule has 1 atom stereocenters. The number of carbonyl (C=O) groups is 1. The van der Waals surface area contributed by atoms with Crippen LogP contribution in [-0.2, 0) is 4.79 Å². The molecule has 110 valence electrons. The van der Waals surface area contributed by atoms with E-state index in [0.717, 1.165) is 24.3 Å². The molecule has 4 heteroatoms. The molecule has 1 fully saturated rings. The fraction of sp³-hybridized carbons (Fsp3) is 0.353. The van der Waals surface area contributed by atoms with Crippen molar-refractivity contribution < 1.29 is 4.79 Å². The van der Waals surface area contributed by atoms with Crippen LogP contribution in [0.25, 0.3) is 10.8 Å². The Bertz CT molecular complexity index is 643. The lowest BCUT2D eigenvalue weighted by molar-refractivity contribution is -0.129. The van der Waals surface area contributed by atoms with Gasteiger partial charge < -0.3 is 10.6 Å². The van der Waals surface area contributed by atoms with E-state index in [1.165, 1.54) is 10.8 Å².